The first-order valence-corrected chi connectivity index (χ1v) is 6.49. The van der Waals surface area contributed by atoms with Crippen molar-refractivity contribution in [2.24, 2.45) is 0 Å². The lowest BCUT2D eigenvalue weighted by Crippen LogP contribution is -2.36. The van der Waals surface area contributed by atoms with Gasteiger partial charge in [-0.25, -0.2) is 0 Å². The van der Waals surface area contributed by atoms with Crippen molar-refractivity contribution >= 4 is 17.3 Å². The zero-order valence-electron chi connectivity index (χ0n) is 11.4. The highest BCUT2D eigenvalue weighted by Gasteiger charge is 2.10. The van der Waals surface area contributed by atoms with E-state index in [0.29, 0.717) is 12.4 Å². The average molecular weight is 287 g/mol. The lowest BCUT2D eigenvalue weighted by molar-refractivity contribution is -0.384. The number of benzene rings is 1. The molecule has 6 heteroatoms. The van der Waals surface area contributed by atoms with Crippen LogP contribution in [0.15, 0.2) is 18.2 Å². The van der Waals surface area contributed by atoms with Gasteiger partial charge in [-0.2, -0.15) is 0 Å². The summed E-state index contributed by atoms with van der Waals surface area (Å²) in [6.45, 7) is 7.65. The van der Waals surface area contributed by atoms with Gasteiger partial charge in [0, 0.05) is 17.7 Å². The molecule has 0 aliphatic rings. The first-order valence-electron chi connectivity index (χ1n) is 6.11. The topological polar surface area (TPSA) is 64.4 Å². The summed E-state index contributed by atoms with van der Waals surface area (Å²) in [5.74, 6) is 0.475. The van der Waals surface area contributed by atoms with E-state index in [1.807, 2.05) is 0 Å². The minimum Gasteiger partial charge on any atom is -0.492 e. The molecule has 0 atom stereocenters. The Morgan fingerprint density at radius 3 is 2.63 bits per heavy atom. The van der Waals surface area contributed by atoms with Gasteiger partial charge in [0.05, 0.1) is 16.6 Å². The van der Waals surface area contributed by atoms with Crippen LogP contribution in [0, 0.1) is 10.1 Å². The standard InChI is InChI=1S/C13H19ClN2O3/c1-13(2,3)15-7-4-8-19-12-6-5-10(16(17)18)9-11(12)14/h5-6,9,15H,4,7-8H2,1-3H3. The zero-order chi connectivity index (χ0) is 14.5. The average Bonchev–Trinajstić information content (AvgIpc) is 2.28. The van der Waals surface area contributed by atoms with Crippen LogP contribution in [-0.4, -0.2) is 23.6 Å². The molecule has 1 aromatic carbocycles. The Balaban J connectivity index is 2.40. The van der Waals surface area contributed by atoms with Crippen LogP contribution in [0.25, 0.3) is 0 Å². The van der Waals surface area contributed by atoms with Gasteiger partial charge >= 0.3 is 0 Å². The fourth-order valence-electron chi connectivity index (χ4n) is 1.44. The maximum atomic E-state index is 10.6. The van der Waals surface area contributed by atoms with Crippen LogP contribution < -0.4 is 10.1 Å². The van der Waals surface area contributed by atoms with Crippen molar-refractivity contribution in [1.29, 1.82) is 0 Å². The highest BCUT2D eigenvalue weighted by atomic mass is 35.5. The molecule has 0 aromatic heterocycles. The minimum absolute atomic E-state index is 0.0354. The van der Waals surface area contributed by atoms with E-state index in [1.165, 1.54) is 18.2 Å². The minimum atomic E-state index is -0.483. The number of hydrogen-bond donors (Lipinski definition) is 1. The molecule has 0 radical (unpaired) electrons. The van der Waals surface area contributed by atoms with Gasteiger partial charge in [-0.3, -0.25) is 10.1 Å². The van der Waals surface area contributed by atoms with E-state index in [0.717, 1.165) is 13.0 Å². The molecule has 0 amide bonds. The van der Waals surface area contributed by atoms with E-state index in [2.05, 4.69) is 26.1 Å². The molecule has 1 aromatic rings. The highest BCUT2D eigenvalue weighted by molar-refractivity contribution is 6.32. The normalized spacial score (nSPS) is 11.4. The number of nitro benzene ring substituents is 1. The van der Waals surface area contributed by atoms with Crippen LogP contribution in [0.1, 0.15) is 27.2 Å². The summed E-state index contributed by atoms with van der Waals surface area (Å²) in [6, 6.07) is 4.20. The van der Waals surface area contributed by atoms with E-state index < -0.39 is 4.92 Å². The second-order valence-electron chi connectivity index (χ2n) is 5.25. The second kappa shape index (κ2) is 6.73. The van der Waals surface area contributed by atoms with Gasteiger partial charge in [0.25, 0.3) is 5.69 Å². The van der Waals surface area contributed by atoms with Crippen LogP contribution in [0.4, 0.5) is 5.69 Å². The molecule has 19 heavy (non-hydrogen) atoms. The Morgan fingerprint density at radius 2 is 2.11 bits per heavy atom. The maximum absolute atomic E-state index is 10.6. The number of nitrogens with one attached hydrogen (secondary N) is 1. The van der Waals surface area contributed by atoms with Gasteiger partial charge in [-0.05, 0) is 39.8 Å². The summed E-state index contributed by atoms with van der Waals surface area (Å²) in [7, 11) is 0. The first-order chi connectivity index (χ1) is 8.79. The van der Waals surface area contributed by atoms with Gasteiger partial charge in [-0.1, -0.05) is 11.6 Å². The Labute approximate surface area is 118 Å². The molecule has 0 aliphatic carbocycles. The van der Waals surface area contributed by atoms with Gasteiger partial charge in [-0.15, -0.1) is 0 Å². The van der Waals surface area contributed by atoms with Gasteiger partial charge in [0.1, 0.15) is 5.75 Å². The monoisotopic (exact) mass is 286 g/mol. The van der Waals surface area contributed by atoms with Crippen LogP contribution in [0.3, 0.4) is 0 Å². The molecular formula is C13H19ClN2O3. The summed E-state index contributed by atoms with van der Waals surface area (Å²) in [4.78, 5) is 10.1. The van der Waals surface area contributed by atoms with Crippen molar-refractivity contribution in [2.45, 2.75) is 32.7 Å². The summed E-state index contributed by atoms with van der Waals surface area (Å²) >= 11 is 5.91. The number of nitro groups is 1. The Bertz CT molecular complexity index is 444. The largest absolute Gasteiger partial charge is 0.492 e. The van der Waals surface area contributed by atoms with E-state index in [-0.39, 0.29) is 16.2 Å². The van der Waals surface area contributed by atoms with Crippen LogP contribution in [-0.2, 0) is 0 Å². The van der Waals surface area contributed by atoms with Crippen molar-refractivity contribution in [3.63, 3.8) is 0 Å². The third kappa shape index (κ3) is 5.89. The van der Waals surface area contributed by atoms with Crippen LogP contribution in [0.5, 0.6) is 5.75 Å². The molecule has 0 aliphatic heterocycles. The molecule has 0 saturated heterocycles. The summed E-state index contributed by atoms with van der Waals surface area (Å²) < 4.78 is 5.49. The van der Waals surface area contributed by atoms with Crippen LogP contribution in [0.2, 0.25) is 5.02 Å². The van der Waals surface area contributed by atoms with Gasteiger partial charge in [0.2, 0.25) is 0 Å². The van der Waals surface area contributed by atoms with Crippen molar-refractivity contribution in [3.8, 4) is 5.75 Å². The Hall–Kier alpha value is -1.33. The SMILES string of the molecule is CC(C)(C)NCCCOc1ccc([N+](=O)[O-])cc1Cl. The van der Waals surface area contributed by atoms with E-state index >= 15 is 0 Å². The molecule has 1 N–H and O–H groups in total. The Kier molecular flexibility index (Phi) is 5.57. The number of ether oxygens (including phenoxy) is 1. The molecule has 0 spiro atoms. The third-order valence-corrected chi connectivity index (χ3v) is 2.66. The molecule has 0 heterocycles. The zero-order valence-corrected chi connectivity index (χ0v) is 12.2. The molecule has 0 bridgehead atoms. The van der Waals surface area contributed by atoms with E-state index in [4.69, 9.17) is 16.3 Å². The molecular weight excluding hydrogens is 268 g/mol. The predicted octanol–water partition coefficient (Wildman–Crippen LogP) is 3.41. The number of non-ortho nitro benzene ring substituents is 1. The number of halogens is 1. The molecule has 1 rings (SSSR count). The molecule has 5 nitrogen and oxygen atoms in total. The van der Waals surface area contributed by atoms with Crippen molar-refractivity contribution in [2.75, 3.05) is 13.2 Å². The Morgan fingerprint density at radius 1 is 1.42 bits per heavy atom. The smallest absolute Gasteiger partial charge is 0.271 e. The lowest BCUT2D eigenvalue weighted by Gasteiger charge is -2.20. The predicted molar refractivity (Wildman–Crippen MR) is 76.0 cm³/mol. The second-order valence-corrected chi connectivity index (χ2v) is 5.66. The fourth-order valence-corrected chi connectivity index (χ4v) is 1.67. The first kappa shape index (κ1) is 15.7. The molecule has 106 valence electrons. The van der Waals surface area contributed by atoms with E-state index in [1.54, 1.807) is 0 Å². The van der Waals surface area contributed by atoms with Gasteiger partial charge < -0.3 is 10.1 Å². The third-order valence-electron chi connectivity index (χ3n) is 2.36. The summed E-state index contributed by atoms with van der Waals surface area (Å²) in [5, 5.41) is 14.2. The quantitative estimate of drug-likeness (QED) is 0.494. The van der Waals surface area contributed by atoms with Gasteiger partial charge in [0.15, 0.2) is 0 Å². The molecule has 0 fully saturated rings. The molecule has 0 saturated carbocycles. The fraction of sp³-hybridized carbons (Fsp3) is 0.538. The maximum Gasteiger partial charge on any atom is 0.271 e. The molecule has 0 unspecified atom stereocenters. The van der Waals surface area contributed by atoms with Crippen molar-refractivity contribution < 1.29 is 9.66 Å². The highest BCUT2D eigenvalue weighted by Crippen LogP contribution is 2.28. The van der Waals surface area contributed by atoms with Crippen molar-refractivity contribution in [3.05, 3.63) is 33.3 Å². The lowest BCUT2D eigenvalue weighted by atomic mass is 10.1. The summed E-state index contributed by atoms with van der Waals surface area (Å²) in [6.07, 6.45) is 0.838. The number of hydrogen-bond acceptors (Lipinski definition) is 4. The number of rotatable bonds is 6. The van der Waals surface area contributed by atoms with E-state index in [9.17, 15) is 10.1 Å². The van der Waals surface area contributed by atoms with Crippen LogP contribution >= 0.6 is 11.6 Å². The number of nitrogens with zero attached hydrogens (tertiary/aromatic N) is 1. The van der Waals surface area contributed by atoms with Crippen molar-refractivity contribution in [1.82, 2.24) is 5.32 Å². The summed E-state index contributed by atoms with van der Waals surface area (Å²) in [5.41, 5.74) is 0.0529.